The smallest absolute Gasteiger partial charge is 0.283 e. The highest BCUT2D eigenvalue weighted by atomic mass is 32.1. The molecule has 1 amide bonds. The molecular formula is C19H18N2O5S. The molecule has 0 fully saturated rings. The van der Waals surface area contributed by atoms with Gasteiger partial charge in [-0.15, -0.1) is 0 Å². The number of hydrogen-bond acceptors (Lipinski definition) is 6. The molecule has 0 radical (unpaired) electrons. The van der Waals surface area contributed by atoms with Crippen LogP contribution >= 0.6 is 11.3 Å². The van der Waals surface area contributed by atoms with Gasteiger partial charge >= 0.3 is 0 Å². The molecule has 1 aromatic heterocycles. The summed E-state index contributed by atoms with van der Waals surface area (Å²) >= 11 is 1.43. The van der Waals surface area contributed by atoms with Crippen LogP contribution in [0.5, 0.6) is 23.0 Å². The van der Waals surface area contributed by atoms with Crippen molar-refractivity contribution in [2.45, 2.75) is 13.5 Å². The number of ether oxygens (including phenoxy) is 4. The predicted molar refractivity (Wildman–Crippen MR) is 101 cm³/mol. The number of methoxy groups -OCH3 is 2. The van der Waals surface area contributed by atoms with Crippen molar-refractivity contribution in [3.8, 4) is 23.0 Å². The molecule has 4 rings (SSSR count). The van der Waals surface area contributed by atoms with Crippen molar-refractivity contribution in [2.24, 2.45) is 4.99 Å². The first-order valence-electron chi connectivity index (χ1n) is 8.38. The standard InChI is InChI=1S/C19H18N2O5S/c1-4-21-13-8-15-16(26-10-25-15)9-17(13)27-19(21)20-18(22)12-6-5-11(23-2)7-14(12)24-3/h5-9H,4,10H2,1-3H3. The number of amides is 1. The maximum absolute atomic E-state index is 12.8. The van der Waals surface area contributed by atoms with Crippen LogP contribution in [-0.4, -0.2) is 31.5 Å². The van der Waals surface area contributed by atoms with Gasteiger partial charge in [0.25, 0.3) is 5.91 Å². The van der Waals surface area contributed by atoms with Crippen molar-refractivity contribution in [2.75, 3.05) is 21.0 Å². The highest BCUT2D eigenvalue weighted by Gasteiger charge is 2.18. The van der Waals surface area contributed by atoms with Gasteiger partial charge in [0, 0.05) is 24.7 Å². The zero-order valence-corrected chi connectivity index (χ0v) is 16.0. The van der Waals surface area contributed by atoms with Gasteiger partial charge in [-0.1, -0.05) is 11.3 Å². The van der Waals surface area contributed by atoms with E-state index in [1.807, 2.05) is 23.6 Å². The van der Waals surface area contributed by atoms with Crippen LogP contribution in [0.4, 0.5) is 0 Å². The molecule has 0 N–H and O–H groups in total. The molecule has 2 aromatic carbocycles. The van der Waals surface area contributed by atoms with E-state index < -0.39 is 0 Å². The third-order valence-electron chi connectivity index (χ3n) is 4.33. The fraction of sp³-hybridized carbons (Fsp3) is 0.263. The summed E-state index contributed by atoms with van der Waals surface area (Å²) in [6.45, 7) is 2.91. The topological polar surface area (TPSA) is 71.3 Å². The molecule has 0 aliphatic carbocycles. The zero-order chi connectivity index (χ0) is 19.0. The van der Waals surface area contributed by atoms with Gasteiger partial charge in [-0.05, 0) is 19.1 Å². The lowest BCUT2D eigenvalue weighted by atomic mass is 10.2. The summed E-state index contributed by atoms with van der Waals surface area (Å²) in [5.74, 6) is 2.08. The minimum absolute atomic E-state index is 0.228. The first kappa shape index (κ1) is 17.4. The molecule has 0 atom stereocenters. The summed E-state index contributed by atoms with van der Waals surface area (Å²) in [7, 11) is 3.07. The van der Waals surface area contributed by atoms with Crippen LogP contribution < -0.4 is 23.7 Å². The van der Waals surface area contributed by atoms with Crippen LogP contribution in [0.3, 0.4) is 0 Å². The Morgan fingerprint density at radius 2 is 1.96 bits per heavy atom. The molecule has 27 heavy (non-hydrogen) atoms. The van der Waals surface area contributed by atoms with E-state index in [1.54, 1.807) is 25.3 Å². The van der Waals surface area contributed by atoms with E-state index in [0.717, 1.165) is 10.2 Å². The van der Waals surface area contributed by atoms with Crippen LogP contribution in [0.15, 0.2) is 35.3 Å². The maximum atomic E-state index is 12.8. The molecule has 3 aromatic rings. The average molecular weight is 386 g/mol. The fourth-order valence-electron chi connectivity index (χ4n) is 2.97. The van der Waals surface area contributed by atoms with Crippen LogP contribution in [0, 0.1) is 0 Å². The monoisotopic (exact) mass is 386 g/mol. The summed E-state index contributed by atoms with van der Waals surface area (Å²) in [5.41, 5.74) is 1.34. The van der Waals surface area contributed by atoms with Crippen molar-refractivity contribution >= 4 is 27.5 Å². The number of carbonyl (C=O) groups is 1. The van der Waals surface area contributed by atoms with Crippen molar-refractivity contribution in [1.82, 2.24) is 4.57 Å². The molecule has 0 saturated carbocycles. The van der Waals surface area contributed by atoms with Gasteiger partial charge in [0.05, 0.1) is 30.0 Å². The Kier molecular flexibility index (Phi) is 4.49. The van der Waals surface area contributed by atoms with Gasteiger partial charge in [-0.2, -0.15) is 4.99 Å². The Balaban J connectivity index is 1.82. The quantitative estimate of drug-likeness (QED) is 0.689. The molecule has 1 aliphatic rings. The van der Waals surface area contributed by atoms with Crippen LogP contribution in [0.25, 0.3) is 10.2 Å². The van der Waals surface area contributed by atoms with Gasteiger partial charge in [0.2, 0.25) is 6.79 Å². The van der Waals surface area contributed by atoms with E-state index in [4.69, 9.17) is 18.9 Å². The minimum Gasteiger partial charge on any atom is -0.497 e. The Morgan fingerprint density at radius 1 is 1.19 bits per heavy atom. The molecule has 7 nitrogen and oxygen atoms in total. The number of rotatable bonds is 4. The largest absolute Gasteiger partial charge is 0.497 e. The Labute approximate surface area is 159 Å². The molecule has 0 unspecified atom stereocenters. The fourth-order valence-corrected chi connectivity index (χ4v) is 4.08. The van der Waals surface area contributed by atoms with Crippen LogP contribution in [0.1, 0.15) is 17.3 Å². The number of carbonyl (C=O) groups excluding carboxylic acids is 1. The number of aromatic nitrogens is 1. The number of hydrogen-bond donors (Lipinski definition) is 0. The van der Waals surface area contributed by atoms with E-state index in [2.05, 4.69) is 4.99 Å². The normalized spacial score (nSPS) is 13.2. The van der Waals surface area contributed by atoms with Crippen LogP contribution in [-0.2, 0) is 6.54 Å². The molecule has 0 saturated heterocycles. The SMILES string of the molecule is CCn1c(=NC(=O)c2ccc(OC)cc2OC)sc2cc3c(cc21)OCO3. The summed E-state index contributed by atoms with van der Waals surface area (Å²) in [4.78, 5) is 17.8. The number of nitrogens with zero attached hydrogens (tertiary/aromatic N) is 2. The van der Waals surface area contributed by atoms with Crippen molar-refractivity contribution in [3.05, 3.63) is 40.7 Å². The van der Waals surface area contributed by atoms with E-state index in [1.165, 1.54) is 18.4 Å². The molecule has 2 heterocycles. The van der Waals surface area contributed by atoms with Crippen molar-refractivity contribution in [1.29, 1.82) is 0 Å². The highest BCUT2D eigenvalue weighted by molar-refractivity contribution is 7.16. The first-order chi connectivity index (χ1) is 13.1. The Bertz CT molecular complexity index is 1100. The zero-order valence-electron chi connectivity index (χ0n) is 15.1. The van der Waals surface area contributed by atoms with E-state index in [-0.39, 0.29) is 12.7 Å². The third-order valence-corrected chi connectivity index (χ3v) is 5.37. The lowest BCUT2D eigenvalue weighted by molar-refractivity contribution is 0.0995. The van der Waals surface area contributed by atoms with E-state index >= 15 is 0 Å². The minimum atomic E-state index is -0.372. The van der Waals surface area contributed by atoms with Gasteiger partial charge in [-0.25, -0.2) is 0 Å². The van der Waals surface area contributed by atoms with Gasteiger partial charge in [0.15, 0.2) is 16.3 Å². The lowest BCUT2D eigenvalue weighted by Crippen LogP contribution is -2.16. The average Bonchev–Trinajstić information content (AvgIpc) is 3.28. The molecular weight excluding hydrogens is 368 g/mol. The van der Waals surface area contributed by atoms with Gasteiger partial charge < -0.3 is 23.5 Å². The van der Waals surface area contributed by atoms with Crippen molar-refractivity contribution in [3.63, 3.8) is 0 Å². The molecule has 140 valence electrons. The molecule has 0 bridgehead atoms. The second-order valence-corrected chi connectivity index (χ2v) is 6.79. The molecule has 0 spiro atoms. The Morgan fingerprint density at radius 3 is 2.67 bits per heavy atom. The second kappa shape index (κ2) is 6.96. The summed E-state index contributed by atoms with van der Waals surface area (Å²) in [5, 5.41) is 0. The summed E-state index contributed by atoms with van der Waals surface area (Å²) in [6, 6.07) is 8.88. The maximum Gasteiger partial charge on any atom is 0.283 e. The predicted octanol–water partition coefficient (Wildman–Crippen LogP) is 3.21. The van der Waals surface area contributed by atoms with Crippen molar-refractivity contribution < 1.29 is 23.7 Å². The molecule has 8 heteroatoms. The number of thiazole rings is 1. The number of benzene rings is 2. The van der Waals surface area contributed by atoms with E-state index in [9.17, 15) is 4.79 Å². The van der Waals surface area contributed by atoms with Gasteiger partial charge in [0.1, 0.15) is 11.5 Å². The highest BCUT2D eigenvalue weighted by Crippen LogP contribution is 2.37. The van der Waals surface area contributed by atoms with Crippen LogP contribution in [0.2, 0.25) is 0 Å². The number of fused-ring (bicyclic) bond motifs is 2. The first-order valence-corrected chi connectivity index (χ1v) is 9.20. The molecule has 1 aliphatic heterocycles. The third kappa shape index (κ3) is 3.02. The summed E-state index contributed by atoms with van der Waals surface area (Å²) < 4.78 is 24.4. The van der Waals surface area contributed by atoms with E-state index in [0.29, 0.717) is 39.9 Å². The summed E-state index contributed by atoms with van der Waals surface area (Å²) in [6.07, 6.45) is 0. The lowest BCUT2D eigenvalue weighted by Gasteiger charge is -2.07. The number of aryl methyl sites for hydroxylation is 1. The van der Waals surface area contributed by atoms with Gasteiger partial charge in [-0.3, -0.25) is 4.79 Å². The second-order valence-electron chi connectivity index (χ2n) is 5.79. The Hall–Kier alpha value is -3.00.